The van der Waals surface area contributed by atoms with Gasteiger partial charge in [-0.1, -0.05) is 6.92 Å². The molecular formula is C7H13NO4S. The summed E-state index contributed by atoms with van der Waals surface area (Å²) >= 11 is 0. The fraction of sp³-hybridized carbons (Fsp3) is 1.00. The highest BCUT2D eigenvalue weighted by Crippen LogP contribution is 2.40. The SMILES string of the molecule is CCN1CCC2OS(=O)(=O)OC21C. The Morgan fingerprint density at radius 2 is 2.31 bits per heavy atom. The average Bonchev–Trinajstić information content (AvgIpc) is 2.37. The van der Waals surface area contributed by atoms with E-state index >= 15 is 0 Å². The zero-order valence-corrected chi connectivity index (χ0v) is 8.50. The quantitative estimate of drug-likeness (QED) is 0.610. The predicted molar refractivity (Wildman–Crippen MR) is 45.1 cm³/mol. The molecule has 2 aliphatic rings. The van der Waals surface area contributed by atoms with Crippen molar-refractivity contribution in [3.63, 3.8) is 0 Å². The average molecular weight is 207 g/mol. The number of fused-ring (bicyclic) bond motifs is 1. The second-order valence-corrected chi connectivity index (χ2v) is 4.68. The summed E-state index contributed by atoms with van der Waals surface area (Å²) in [7, 11) is -3.75. The largest absolute Gasteiger partial charge is 0.402 e. The van der Waals surface area contributed by atoms with E-state index in [1.807, 2.05) is 11.8 Å². The number of rotatable bonds is 1. The van der Waals surface area contributed by atoms with Gasteiger partial charge in [-0.2, -0.15) is 8.42 Å². The summed E-state index contributed by atoms with van der Waals surface area (Å²) < 4.78 is 31.8. The molecule has 0 bridgehead atoms. The van der Waals surface area contributed by atoms with Gasteiger partial charge in [0.15, 0.2) is 5.72 Å². The van der Waals surface area contributed by atoms with Crippen molar-refractivity contribution in [3.05, 3.63) is 0 Å². The molecule has 0 amide bonds. The van der Waals surface area contributed by atoms with E-state index in [0.717, 1.165) is 13.1 Å². The minimum atomic E-state index is -3.75. The van der Waals surface area contributed by atoms with Gasteiger partial charge in [0.05, 0.1) is 0 Å². The van der Waals surface area contributed by atoms with Crippen molar-refractivity contribution in [1.29, 1.82) is 0 Å². The zero-order valence-electron chi connectivity index (χ0n) is 7.69. The van der Waals surface area contributed by atoms with Crippen LogP contribution < -0.4 is 0 Å². The van der Waals surface area contributed by atoms with Crippen LogP contribution in [0.25, 0.3) is 0 Å². The summed E-state index contributed by atoms with van der Waals surface area (Å²) in [4.78, 5) is 1.97. The van der Waals surface area contributed by atoms with Gasteiger partial charge >= 0.3 is 10.4 Å². The van der Waals surface area contributed by atoms with E-state index in [4.69, 9.17) is 8.37 Å². The van der Waals surface area contributed by atoms with Crippen molar-refractivity contribution in [2.75, 3.05) is 13.1 Å². The molecule has 2 rings (SSSR count). The maximum Gasteiger partial charge on any atom is 0.402 e. The standard InChI is InChI=1S/C7H13NO4S/c1-3-8-5-4-6-7(8,2)12-13(9,10)11-6/h6H,3-5H2,1-2H3. The minimum Gasteiger partial charge on any atom is -0.273 e. The van der Waals surface area contributed by atoms with Gasteiger partial charge in [0.1, 0.15) is 6.10 Å². The van der Waals surface area contributed by atoms with Crippen LogP contribution in [0.4, 0.5) is 0 Å². The van der Waals surface area contributed by atoms with Crippen molar-refractivity contribution >= 4 is 10.4 Å². The predicted octanol–water partition coefficient (Wildman–Crippen LogP) is 0.0884. The Bertz CT molecular complexity index is 314. The summed E-state index contributed by atoms with van der Waals surface area (Å²) in [5, 5.41) is 0. The van der Waals surface area contributed by atoms with Crippen LogP contribution in [-0.4, -0.2) is 38.2 Å². The molecule has 0 aromatic carbocycles. The molecule has 0 aliphatic carbocycles. The first-order valence-electron chi connectivity index (χ1n) is 4.37. The molecule has 0 aromatic heterocycles. The summed E-state index contributed by atoms with van der Waals surface area (Å²) in [5.41, 5.74) is -0.770. The molecule has 2 saturated heterocycles. The summed E-state index contributed by atoms with van der Waals surface area (Å²) in [6, 6.07) is 0. The van der Waals surface area contributed by atoms with Crippen molar-refractivity contribution in [2.45, 2.75) is 32.1 Å². The molecule has 13 heavy (non-hydrogen) atoms. The smallest absolute Gasteiger partial charge is 0.273 e. The topological polar surface area (TPSA) is 55.8 Å². The number of hydrogen-bond acceptors (Lipinski definition) is 5. The van der Waals surface area contributed by atoms with Crippen molar-refractivity contribution in [3.8, 4) is 0 Å². The first-order chi connectivity index (χ1) is 5.98. The molecular weight excluding hydrogens is 194 g/mol. The van der Waals surface area contributed by atoms with Gasteiger partial charge < -0.3 is 0 Å². The first-order valence-corrected chi connectivity index (χ1v) is 5.70. The van der Waals surface area contributed by atoms with Crippen LogP contribution >= 0.6 is 0 Å². The highest BCUT2D eigenvalue weighted by atomic mass is 32.3. The second kappa shape index (κ2) is 2.66. The van der Waals surface area contributed by atoms with E-state index in [0.29, 0.717) is 6.42 Å². The molecule has 0 N–H and O–H groups in total. The van der Waals surface area contributed by atoms with Crippen LogP contribution in [0.3, 0.4) is 0 Å². The maximum atomic E-state index is 11.0. The number of likely N-dealkylation sites (N-methyl/N-ethyl adjacent to an activating group) is 1. The zero-order chi connectivity index (χ0) is 9.69. The maximum absolute atomic E-state index is 11.0. The van der Waals surface area contributed by atoms with Crippen molar-refractivity contribution in [2.24, 2.45) is 0 Å². The third-order valence-corrected chi connectivity index (χ3v) is 3.78. The summed E-state index contributed by atoms with van der Waals surface area (Å²) in [6.45, 7) is 5.33. The molecule has 0 aromatic rings. The molecule has 2 aliphatic heterocycles. The second-order valence-electron chi connectivity index (χ2n) is 3.50. The fourth-order valence-electron chi connectivity index (χ4n) is 2.05. The van der Waals surface area contributed by atoms with Crippen LogP contribution in [0, 0.1) is 0 Å². The van der Waals surface area contributed by atoms with Gasteiger partial charge in [-0.05, 0) is 19.9 Å². The Morgan fingerprint density at radius 3 is 2.92 bits per heavy atom. The molecule has 2 atom stereocenters. The van der Waals surface area contributed by atoms with E-state index in [1.54, 1.807) is 6.92 Å². The Balaban J connectivity index is 2.31. The molecule has 76 valence electrons. The number of nitrogens with zero attached hydrogens (tertiary/aromatic N) is 1. The van der Waals surface area contributed by atoms with E-state index < -0.39 is 16.1 Å². The lowest BCUT2D eigenvalue weighted by atomic mass is 10.1. The molecule has 5 nitrogen and oxygen atoms in total. The molecule has 2 unspecified atom stereocenters. The first kappa shape index (κ1) is 9.39. The molecule has 0 radical (unpaired) electrons. The lowest BCUT2D eigenvalue weighted by Crippen LogP contribution is -2.46. The highest BCUT2D eigenvalue weighted by Gasteiger charge is 2.56. The Labute approximate surface area is 77.9 Å². The van der Waals surface area contributed by atoms with Crippen LogP contribution in [-0.2, 0) is 18.8 Å². The molecule has 0 saturated carbocycles. The van der Waals surface area contributed by atoms with Gasteiger partial charge in [-0.25, -0.2) is 8.37 Å². The van der Waals surface area contributed by atoms with E-state index in [-0.39, 0.29) is 6.10 Å². The van der Waals surface area contributed by atoms with Crippen LogP contribution in [0.5, 0.6) is 0 Å². The van der Waals surface area contributed by atoms with Gasteiger partial charge in [-0.15, -0.1) is 0 Å². The molecule has 0 spiro atoms. The highest BCUT2D eigenvalue weighted by molar-refractivity contribution is 7.82. The normalized spacial score (nSPS) is 43.7. The monoisotopic (exact) mass is 207 g/mol. The van der Waals surface area contributed by atoms with Crippen molar-refractivity contribution in [1.82, 2.24) is 4.90 Å². The summed E-state index contributed by atoms with van der Waals surface area (Å²) in [6.07, 6.45) is 0.376. The summed E-state index contributed by atoms with van der Waals surface area (Å²) in [5.74, 6) is 0. The van der Waals surface area contributed by atoms with Gasteiger partial charge in [-0.3, -0.25) is 4.90 Å². The lowest BCUT2D eigenvalue weighted by molar-refractivity contribution is -0.0411. The molecule has 2 fully saturated rings. The number of hydrogen-bond donors (Lipinski definition) is 0. The van der Waals surface area contributed by atoms with Crippen LogP contribution in [0.2, 0.25) is 0 Å². The Kier molecular flexibility index (Phi) is 1.92. The third-order valence-electron chi connectivity index (χ3n) is 2.77. The third kappa shape index (κ3) is 1.28. The van der Waals surface area contributed by atoms with E-state index in [9.17, 15) is 8.42 Å². The molecule has 6 heteroatoms. The number of likely N-dealkylation sites (tertiary alicyclic amines) is 1. The van der Waals surface area contributed by atoms with Crippen LogP contribution in [0.1, 0.15) is 20.3 Å². The Hall–Kier alpha value is -0.170. The molecule has 2 heterocycles. The van der Waals surface area contributed by atoms with Gasteiger partial charge in [0.25, 0.3) is 0 Å². The van der Waals surface area contributed by atoms with Crippen LogP contribution in [0.15, 0.2) is 0 Å². The van der Waals surface area contributed by atoms with E-state index in [1.165, 1.54) is 0 Å². The lowest BCUT2D eigenvalue weighted by Gasteiger charge is -2.29. The van der Waals surface area contributed by atoms with E-state index in [2.05, 4.69) is 0 Å². The minimum absolute atomic E-state index is 0.336. The Morgan fingerprint density at radius 1 is 1.62 bits per heavy atom. The fourth-order valence-corrected chi connectivity index (χ4v) is 3.28. The van der Waals surface area contributed by atoms with Crippen molar-refractivity contribution < 1.29 is 16.8 Å². The van der Waals surface area contributed by atoms with Gasteiger partial charge in [0.2, 0.25) is 0 Å². The van der Waals surface area contributed by atoms with Gasteiger partial charge in [0, 0.05) is 6.54 Å².